The molecule has 1 amide bonds. The molecule has 0 fully saturated rings. The van der Waals surface area contributed by atoms with Gasteiger partial charge in [0.2, 0.25) is 5.91 Å². The van der Waals surface area contributed by atoms with Gasteiger partial charge in [0.25, 0.3) is 0 Å². The molecule has 90 valence electrons. The lowest BCUT2D eigenvalue weighted by Gasteiger charge is -2.19. The Labute approximate surface area is 100 Å². The maximum Gasteiger partial charge on any atom is 0.217 e. The van der Waals surface area contributed by atoms with Crippen LogP contribution in [0.25, 0.3) is 0 Å². The molecule has 0 aliphatic carbocycles. The van der Waals surface area contributed by atoms with E-state index in [0.29, 0.717) is 18.6 Å². The van der Waals surface area contributed by atoms with E-state index in [0.717, 1.165) is 11.3 Å². The van der Waals surface area contributed by atoms with Crippen molar-refractivity contribution < 1.29 is 14.3 Å². The molecular formula is C13H15NO3. The summed E-state index contributed by atoms with van der Waals surface area (Å²) in [5.41, 5.74) is 6.19. The van der Waals surface area contributed by atoms with Gasteiger partial charge < -0.3 is 15.2 Å². The molecule has 1 aromatic rings. The summed E-state index contributed by atoms with van der Waals surface area (Å²) in [6.07, 6.45) is 4.09. The second kappa shape index (κ2) is 4.91. The summed E-state index contributed by atoms with van der Waals surface area (Å²) in [5.74, 6) is 1.36. The number of carbonyl (C=O) groups excluding carboxylic acids is 1. The molecular weight excluding hydrogens is 218 g/mol. The Hall–Kier alpha value is -1.97. The number of para-hydroxylation sites is 1. The van der Waals surface area contributed by atoms with Crippen molar-refractivity contribution in [1.82, 2.24) is 0 Å². The van der Waals surface area contributed by atoms with E-state index < -0.39 is 0 Å². The highest BCUT2D eigenvalue weighted by Crippen LogP contribution is 2.39. The maximum atomic E-state index is 10.8. The van der Waals surface area contributed by atoms with Gasteiger partial charge in [0.05, 0.1) is 0 Å². The highest BCUT2D eigenvalue weighted by atomic mass is 16.5. The van der Waals surface area contributed by atoms with Crippen LogP contribution in [0, 0.1) is 0 Å². The molecule has 4 nitrogen and oxygen atoms in total. The molecule has 0 spiro atoms. The van der Waals surface area contributed by atoms with Crippen molar-refractivity contribution in [3.63, 3.8) is 0 Å². The Morgan fingerprint density at radius 3 is 2.88 bits per heavy atom. The van der Waals surface area contributed by atoms with Crippen molar-refractivity contribution >= 4 is 5.91 Å². The molecule has 1 aliphatic rings. The fourth-order valence-corrected chi connectivity index (χ4v) is 1.85. The monoisotopic (exact) mass is 233 g/mol. The molecule has 0 aromatic heterocycles. The van der Waals surface area contributed by atoms with Crippen LogP contribution < -0.4 is 15.2 Å². The van der Waals surface area contributed by atoms with Gasteiger partial charge in [-0.05, 0) is 18.4 Å². The van der Waals surface area contributed by atoms with E-state index in [4.69, 9.17) is 15.2 Å². The number of rotatable bonds is 4. The minimum Gasteiger partial charge on any atom is -0.458 e. The van der Waals surface area contributed by atoms with Gasteiger partial charge in [0, 0.05) is 12.0 Å². The Bertz CT molecular complexity index is 454. The zero-order chi connectivity index (χ0) is 12.3. The molecule has 1 heterocycles. The molecule has 17 heavy (non-hydrogen) atoms. The Morgan fingerprint density at radius 2 is 2.12 bits per heavy atom. The molecule has 0 radical (unpaired) electrons. The molecule has 1 aromatic carbocycles. The van der Waals surface area contributed by atoms with Gasteiger partial charge in [-0.2, -0.15) is 0 Å². The first kappa shape index (κ1) is 11.5. The van der Waals surface area contributed by atoms with E-state index in [1.165, 1.54) is 12.5 Å². The topological polar surface area (TPSA) is 61.6 Å². The Kier molecular flexibility index (Phi) is 3.32. The molecule has 1 atom stereocenters. The first-order chi connectivity index (χ1) is 8.18. The van der Waals surface area contributed by atoms with Crippen molar-refractivity contribution in [1.29, 1.82) is 0 Å². The number of benzene rings is 1. The Morgan fingerprint density at radius 1 is 1.35 bits per heavy atom. The minimum atomic E-state index is -0.279. The molecule has 1 aliphatic heterocycles. The summed E-state index contributed by atoms with van der Waals surface area (Å²) in [7, 11) is 0. The normalized spacial score (nSPS) is 14.4. The van der Waals surface area contributed by atoms with Crippen molar-refractivity contribution in [2.45, 2.75) is 25.7 Å². The maximum absolute atomic E-state index is 10.8. The van der Waals surface area contributed by atoms with E-state index >= 15 is 0 Å². The number of amides is 1. The quantitative estimate of drug-likeness (QED) is 0.867. The van der Waals surface area contributed by atoms with Gasteiger partial charge in [0.15, 0.2) is 11.5 Å². The first-order valence-corrected chi connectivity index (χ1v) is 5.58. The van der Waals surface area contributed by atoms with Crippen LogP contribution in [0.5, 0.6) is 11.5 Å². The number of hydrogen-bond acceptors (Lipinski definition) is 3. The summed E-state index contributed by atoms with van der Waals surface area (Å²) in [6.45, 7) is 2.04. The molecule has 1 unspecified atom stereocenters. The second-order valence-corrected chi connectivity index (χ2v) is 4.09. The third-order valence-electron chi connectivity index (χ3n) is 2.80. The average Bonchev–Trinajstić information content (AvgIpc) is 2.35. The Balaban J connectivity index is 2.18. The molecule has 2 N–H and O–H groups in total. The smallest absolute Gasteiger partial charge is 0.217 e. The molecule has 0 bridgehead atoms. The predicted molar refractivity (Wildman–Crippen MR) is 63.7 cm³/mol. The van der Waals surface area contributed by atoms with Crippen LogP contribution in [0.1, 0.15) is 31.2 Å². The third kappa shape index (κ3) is 2.58. The lowest BCUT2D eigenvalue weighted by Crippen LogP contribution is -2.11. The van der Waals surface area contributed by atoms with Crippen LogP contribution in [0.2, 0.25) is 0 Å². The van der Waals surface area contributed by atoms with E-state index in [9.17, 15) is 4.79 Å². The van der Waals surface area contributed by atoms with Gasteiger partial charge in [-0.3, -0.25) is 4.79 Å². The van der Waals surface area contributed by atoms with Gasteiger partial charge in [-0.1, -0.05) is 19.1 Å². The molecule has 0 saturated heterocycles. The van der Waals surface area contributed by atoms with E-state index in [2.05, 4.69) is 0 Å². The zero-order valence-electron chi connectivity index (χ0n) is 9.68. The van der Waals surface area contributed by atoms with E-state index in [1.54, 1.807) is 0 Å². The van der Waals surface area contributed by atoms with Crippen LogP contribution in [-0.4, -0.2) is 5.91 Å². The number of hydrogen-bond donors (Lipinski definition) is 1. The number of carbonyl (C=O) groups is 1. The summed E-state index contributed by atoms with van der Waals surface area (Å²) in [4.78, 5) is 10.8. The molecule has 2 rings (SSSR count). The van der Waals surface area contributed by atoms with Crippen molar-refractivity contribution in [2.24, 2.45) is 5.73 Å². The summed E-state index contributed by atoms with van der Waals surface area (Å²) in [6, 6.07) is 5.74. The third-order valence-corrected chi connectivity index (χ3v) is 2.80. The number of primary amides is 1. The predicted octanol–water partition coefficient (Wildman–Crippen LogP) is 2.30. The van der Waals surface area contributed by atoms with Crippen LogP contribution in [0.15, 0.2) is 30.7 Å². The van der Waals surface area contributed by atoms with Gasteiger partial charge in [0.1, 0.15) is 12.5 Å². The van der Waals surface area contributed by atoms with E-state index in [-0.39, 0.29) is 11.8 Å². The van der Waals surface area contributed by atoms with Crippen LogP contribution in [-0.2, 0) is 4.79 Å². The van der Waals surface area contributed by atoms with Gasteiger partial charge in [-0.25, -0.2) is 0 Å². The van der Waals surface area contributed by atoms with E-state index in [1.807, 2.05) is 25.1 Å². The fraction of sp³-hybridized carbons (Fsp3) is 0.308. The zero-order valence-corrected chi connectivity index (χ0v) is 9.68. The summed E-state index contributed by atoms with van der Waals surface area (Å²) < 4.78 is 10.8. The average molecular weight is 233 g/mol. The minimum absolute atomic E-state index is 0.201. The number of ether oxygens (including phenoxy) is 2. The van der Waals surface area contributed by atoms with Crippen LogP contribution in [0.3, 0.4) is 0 Å². The summed E-state index contributed by atoms with van der Waals surface area (Å²) >= 11 is 0. The van der Waals surface area contributed by atoms with Gasteiger partial charge in [-0.15, -0.1) is 0 Å². The largest absolute Gasteiger partial charge is 0.458 e. The number of fused-ring (bicyclic) bond motifs is 1. The van der Waals surface area contributed by atoms with Crippen molar-refractivity contribution in [3.05, 3.63) is 36.3 Å². The lowest BCUT2D eigenvalue weighted by molar-refractivity contribution is -0.118. The second-order valence-electron chi connectivity index (χ2n) is 4.09. The standard InChI is InChI=1S/C13H15NO3/c1-9(5-6-12(14)15)10-3-2-4-11-13(10)17-8-7-16-11/h2-4,7-9H,5-6H2,1H3,(H2,14,15). The molecule has 0 saturated carbocycles. The SMILES string of the molecule is CC(CCC(N)=O)c1cccc2c1OC=CO2. The molecule has 4 heteroatoms. The van der Waals surface area contributed by atoms with Gasteiger partial charge >= 0.3 is 0 Å². The lowest BCUT2D eigenvalue weighted by atomic mass is 9.95. The van der Waals surface area contributed by atoms with Crippen LogP contribution >= 0.6 is 0 Å². The summed E-state index contributed by atoms with van der Waals surface area (Å²) in [5, 5.41) is 0. The van der Waals surface area contributed by atoms with Crippen molar-refractivity contribution in [3.8, 4) is 11.5 Å². The first-order valence-electron chi connectivity index (χ1n) is 5.58. The number of nitrogens with two attached hydrogens (primary N) is 1. The van der Waals surface area contributed by atoms with Crippen molar-refractivity contribution in [2.75, 3.05) is 0 Å². The fourth-order valence-electron chi connectivity index (χ4n) is 1.85. The van der Waals surface area contributed by atoms with Crippen LogP contribution in [0.4, 0.5) is 0 Å². The highest BCUT2D eigenvalue weighted by Gasteiger charge is 2.18. The highest BCUT2D eigenvalue weighted by molar-refractivity contribution is 5.73.